The summed E-state index contributed by atoms with van der Waals surface area (Å²) >= 11 is 7.76. The van der Waals surface area contributed by atoms with Gasteiger partial charge in [-0.25, -0.2) is 0 Å². The molecule has 0 bridgehead atoms. The van der Waals surface area contributed by atoms with Crippen molar-refractivity contribution in [1.82, 2.24) is 25.0 Å². The molecule has 0 aliphatic heterocycles. The summed E-state index contributed by atoms with van der Waals surface area (Å²) in [4.78, 5) is 0. The fraction of sp³-hybridized carbons (Fsp3) is 0.333. The summed E-state index contributed by atoms with van der Waals surface area (Å²) in [5.74, 6) is 3.09. The highest BCUT2D eigenvalue weighted by Gasteiger charge is 2.20. The van der Waals surface area contributed by atoms with Gasteiger partial charge in [0.05, 0.1) is 17.2 Å². The van der Waals surface area contributed by atoms with Crippen LogP contribution in [0.15, 0.2) is 64.2 Å². The first kappa shape index (κ1) is 23.3. The second kappa shape index (κ2) is 11.3. The minimum absolute atomic E-state index is 0.267. The van der Waals surface area contributed by atoms with Crippen LogP contribution < -0.4 is 4.74 Å². The van der Waals surface area contributed by atoms with Crippen LogP contribution in [0.5, 0.6) is 5.75 Å². The zero-order chi connectivity index (χ0) is 23.0. The van der Waals surface area contributed by atoms with Gasteiger partial charge in [0.15, 0.2) is 11.0 Å². The maximum absolute atomic E-state index is 6.23. The van der Waals surface area contributed by atoms with Gasteiger partial charge in [0.25, 0.3) is 0 Å². The largest absolute Gasteiger partial charge is 0.484 e. The average molecular weight is 484 g/mol. The lowest BCUT2D eigenvalue weighted by Gasteiger charge is -2.19. The molecular weight excluding hydrogens is 458 g/mol. The van der Waals surface area contributed by atoms with Crippen LogP contribution in [0.2, 0.25) is 5.02 Å². The fourth-order valence-corrected chi connectivity index (χ4v) is 4.60. The molecule has 4 aromatic rings. The van der Waals surface area contributed by atoms with E-state index < -0.39 is 0 Å². The van der Waals surface area contributed by atoms with E-state index in [-0.39, 0.29) is 12.6 Å². The van der Waals surface area contributed by atoms with Crippen molar-refractivity contribution in [3.05, 3.63) is 82.8 Å². The Hall–Kier alpha value is -2.84. The van der Waals surface area contributed by atoms with Gasteiger partial charge < -0.3 is 13.7 Å². The lowest BCUT2D eigenvalue weighted by atomic mass is 10.2. The molecule has 0 saturated carbocycles. The number of nitrogens with zero attached hydrogens (tertiary/aromatic N) is 5. The molecule has 2 aromatic heterocycles. The van der Waals surface area contributed by atoms with Gasteiger partial charge in [-0.1, -0.05) is 79.7 Å². The Kier molecular flexibility index (Phi) is 8.01. The van der Waals surface area contributed by atoms with Crippen molar-refractivity contribution >= 4 is 23.4 Å². The second-order valence-electron chi connectivity index (χ2n) is 7.50. The van der Waals surface area contributed by atoms with E-state index in [9.17, 15) is 0 Å². The third kappa shape index (κ3) is 5.94. The van der Waals surface area contributed by atoms with E-state index in [0.717, 1.165) is 29.4 Å². The maximum Gasteiger partial charge on any atom is 0.226 e. The van der Waals surface area contributed by atoms with Gasteiger partial charge in [0.1, 0.15) is 12.4 Å². The highest BCUT2D eigenvalue weighted by Crippen LogP contribution is 2.29. The second-order valence-corrected chi connectivity index (χ2v) is 8.85. The van der Waals surface area contributed by atoms with Gasteiger partial charge in [0.2, 0.25) is 11.8 Å². The Morgan fingerprint density at radius 2 is 1.67 bits per heavy atom. The molecule has 0 radical (unpaired) electrons. The molecule has 0 saturated heterocycles. The summed E-state index contributed by atoms with van der Waals surface area (Å²) < 4.78 is 13.9. The minimum Gasteiger partial charge on any atom is -0.484 e. The molecule has 0 fully saturated rings. The Balaban J connectivity index is 1.45. The third-order valence-corrected chi connectivity index (χ3v) is 6.51. The van der Waals surface area contributed by atoms with Crippen molar-refractivity contribution in [2.45, 2.75) is 56.7 Å². The summed E-state index contributed by atoms with van der Waals surface area (Å²) in [6.07, 6.45) is 2.54. The van der Waals surface area contributed by atoms with Crippen molar-refractivity contribution < 1.29 is 9.15 Å². The molecule has 172 valence electrons. The van der Waals surface area contributed by atoms with Gasteiger partial charge in [-0.05, 0) is 30.5 Å². The maximum atomic E-state index is 6.23. The monoisotopic (exact) mass is 483 g/mol. The number of halogens is 1. The van der Waals surface area contributed by atoms with Crippen LogP contribution >= 0.6 is 23.4 Å². The van der Waals surface area contributed by atoms with Gasteiger partial charge in [-0.2, -0.15) is 0 Å². The Labute approximate surface area is 202 Å². The standard InChI is InChI=1S/C24H26ClN5O2S/c1-3-18(4-2)30-21(15-31-20-13-9-8-12-19(20)25)26-29-24(30)33-16-23-28-27-22(32-23)14-17-10-6-5-7-11-17/h5-13,18H,3-4,14-16H2,1-2H3. The quantitative estimate of drug-likeness (QED) is 0.237. The van der Waals surface area contributed by atoms with E-state index in [0.29, 0.717) is 34.7 Å². The fourth-order valence-electron chi connectivity index (χ4n) is 3.54. The molecule has 0 unspecified atom stereocenters. The van der Waals surface area contributed by atoms with E-state index >= 15 is 0 Å². The van der Waals surface area contributed by atoms with Crippen molar-refractivity contribution in [2.75, 3.05) is 0 Å². The Morgan fingerprint density at radius 3 is 2.42 bits per heavy atom. The molecular formula is C24H26ClN5O2S. The van der Waals surface area contributed by atoms with E-state index in [2.05, 4.69) is 38.8 Å². The number of benzene rings is 2. The van der Waals surface area contributed by atoms with Gasteiger partial charge in [0, 0.05) is 6.04 Å². The van der Waals surface area contributed by atoms with Crippen LogP contribution in [0.3, 0.4) is 0 Å². The van der Waals surface area contributed by atoms with Crippen LogP contribution in [0.4, 0.5) is 0 Å². The lowest BCUT2D eigenvalue weighted by molar-refractivity contribution is 0.278. The number of hydrogen-bond donors (Lipinski definition) is 0. The number of rotatable bonds is 11. The predicted molar refractivity (Wildman–Crippen MR) is 129 cm³/mol. The number of para-hydroxylation sites is 1. The molecule has 4 rings (SSSR count). The molecule has 0 aliphatic rings. The summed E-state index contributed by atoms with van der Waals surface area (Å²) in [7, 11) is 0. The average Bonchev–Trinajstić information content (AvgIpc) is 3.46. The third-order valence-electron chi connectivity index (χ3n) is 5.27. The molecule has 0 spiro atoms. The normalized spacial score (nSPS) is 11.3. The molecule has 9 heteroatoms. The summed E-state index contributed by atoms with van der Waals surface area (Å²) in [6.45, 7) is 4.61. The summed E-state index contributed by atoms with van der Waals surface area (Å²) in [6, 6.07) is 17.8. The van der Waals surface area contributed by atoms with Gasteiger partial charge >= 0.3 is 0 Å². The van der Waals surface area contributed by atoms with Crippen LogP contribution in [0, 0.1) is 0 Å². The molecule has 0 amide bonds. The molecule has 2 heterocycles. The van der Waals surface area contributed by atoms with Gasteiger partial charge in [-0.15, -0.1) is 20.4 Å². The summed E-state index contributed by atoms with van der Waals surface area (Å²) in [5.41, 5.74) is 1.14. The number of ether oxygens (including phenoxy) is 1. The zero-order valence-electron chi connectivity index (χ0n) is 18.6. The number of thioether (sulfide) groups is 1. The van der Waals surface area contributed by atoms with Crippen molar-refractivity contribution in [3.8, 4) is 5.75 Å². The van der Waals surface area contributed by atoms with Crippen molar-refractivity contribution in [3.63, 3.8) is 0 Å². The topological polar surface area (TPSA) is 78.9 Å². The van der Waals surface area contributed by atoms with Crippen LogP contribution in [0.1, 0.15) is 55.9 Å². The zero-order valence-corrected chi connectivity index (χ0v) is 20.2. The molecule has 0 aliphatic carbocycles. The summed E-state index contributed by atoms with van der Waals surface area (Å²) in [5, 5.41) is 18.6. The first-order chi connectivity index (χ1) is 16.2. The number of aromatic nitrogens is 5. The smallest absolute Gasteiger partial charge is 0.226 e. The molecule has 2 aromatic carbocycles. The molecule has 33 heavy (non-hydrogen) atoms. The van der Waals surface area contributed by atoms with E-state index in [1.807, 2.05) is 48.5 Å². The molecule has 7 nitrogen and oxygen atoms in total. The van der Waals surface area contributed by atoms with Crippen LogP contribution in [0.25, 0.3) is 0 Å². The first-order valence-electron chi connectivity index (χ1n) is 11.0. The van der Waals surface area contributed by atoms with Crippen LogP contribution in [-0.2, 0) is 18.8 Å². The van der Waals surface area contributed by atoms with E-state index in [4.69, 9.17) is 20.8 Å². The minimum atomic E-state index is 0.267. The predicted octanol–water partition coefficient (Wildman–Crippen LogP) is 6.14. The van der Waals surface area contributed by atoms with Gasteiger partial charge in [-0.3, -0.25) is 0 Å². The number of hydrogen-bond acceptors (Lipinski definition) is 7. The van der Waals surface area contributed by atoms with Crippen molar-refractivity contribution in [2.24, 2.45) is 0 Å². The first-order valence-corrected chi connectivity index (χ1v) is 12.3. The molecule has 0 N–H and O–H groups in total. The Bertz CT molecular complexity index is 1160. The van der Waals surface area contributed by atoms with E-state index in [1.165, 1.54) is 11.8 Å². The van der Waals surface area contributed by atoms with Crippen LogP contribution in [-0.4, -0.2) is 25.0 Å². The lowest BCUT2D eigenvalue weighted by Crippen LogP contribution is -2.14. The van der Waals surface area contributed by atoms with E-state index in [1.54, 1.807) is 6.07 Å². The highest BCUT2D eigenvalue weighted by molar-refractivity contribution is 7.98. The Morgan fingerprint density at radius 1 is 0.939 bits per heavy atom. The SMILES string of the molecule is CCC(CC)n1c(COc2ccccc2Cl)nnc1SCc1nnc(Cc2ccccc2)o1. The highest BCUT2D eigenvalue weighted by atomic mass is 35.5. The van der Waals surface area contributed by atoms with Crippen molar-refractivity contribution in [1.29, 1.82) is 0 Å². The molecule has 0 atom stereocenters.